The summed E-state index contributed by atoms with van der Waals surface area (Å²) in [5, 5.41) is 17.4. The number of nitrogens with zero attached hydrogens (tertiary/aromatic N) is 3. The van der Waals surface area contributed by atoms with E-state index in [4.69, 9.17) is 18.3 Å². The number of fused-ring (bicyclic) bond motifs is 9. The molecule has 760 valence electrons. The molecule has 0 spiro atoms. The van der Waals surface area contributed by atoms with Crippen molar-refractivity contribution in [3.63, 3.8) is 0 Å². The zero-order valence-corrected chi connectivity index (χ0v) is 95.0. The molecule has 1 aliphatic heterocycles. The van der Waals surface area contributed by atoms with Gasteiger partial charge < -0.3 is 22.7 Å². The van der Waals surface area contributed by atoms with Crippen LogP contribution < -0.4 is 9.47 Å². The molecule has 136 heavy (non-hydrogen) atoms. The van der Waals surface area contributed by atoms with Gasteiger partial charge in [-0.3, -0.25) is 15.0 Å². The summed E-state index contributed by atoms with van der Waals surface area (Å²) in [4.78, 5) is 12.0. The first-order valence-corrected chi connectivity index (χ1v) is 52.9. The molecule has 0 fully saturated rings. The highest BCUT2D eigenvalue weighted by Crippen LogP contribution is 2.31. The molecule has 0 radical (unpaired) electrons. The molecule has 10 heteroatoms. The summed E-state index contributed by atoms with van der Waals surface area (Å²) in [6.45, 7) is 86.4. The SMILES string of the molecule is C.CC.CC.CC.CC.CC.CC.CC.CC.CC.CC.CC.CC.CC.CC.CC.CC.CC.CC.CC.CC.CC.Cc1ccccc1.c1ccc2c(c1)OCO2.c1ccc2c(c1)oc1ccccc12.c1ccc2ccccc2c1.c1ccc2cnccc2c1.c1ccc2ncccc2c1.c1ccc2occc2c1.c1ccc2sccc2c1.c1ccncc1.c1ccoc1.c1ccsc1. The molecule has 18 aromatic rings. The fourth-order valence-electron chi connectivity index (χ4n) is 8.81. The molecule has 0 unspecified atom stereocenters. The third-order valence-electron chi connectivity index (χ3n) is 13.4. The second-order valence-electron chi connectivity index (χ2n) is 19.9. The minimum atomic E-state index is 0. The van der Waals surface area contributed by atoms with Crippen LogP contribution in [0.3, 0.4) is 0 Å². The van der Waals surface area contributed by atoms with Gasteiger partial charge in [0.2, 0.25) is 6.79 Å². The summed E-state index contributed by atoms with van der Waals surface area (Å²) < 4.78 is 26.9. The third-order valence-corrected chi connectivity index (χ3v) is 14.9. The molecule has 10 aromatic carbocycles. The van der Waals surface area contributed by atoms with Gasteiger partial charge in [0.1, 0.15) is 16.7 Å². The van der Waals surface area contributed by atoms with E-state index in [-0.39, 0.29) is 7.43 Å². The van der Waals surface area contributed by atoms with E-state index in [1.54, 1.807) is 53.9 Å². The maximum atomic E-state index is 5.65. The third kappa shape index (κ3) is 82.9. The van der Waals surface area contributed by atoms with Gasteiger partial charge in [-0.25, -0.2) is 0 Å². The van der Waals surface area contributed by atoms with Crippen LogP contribution in [0.15, 0.2) is 401 Å². The average molecular weight is 1900 g/mol. The van der Waals surface area contributed by atoms with E-state index in [1.807, 2.05) is 514 Å². The first-order chi connectivity index (χ1) is 67.1. The van der Waals surface area contributed by atoms with Gasteiger partial charge >= 0.3 is 0 Å². The number of ether oxygens (including phenoxy) is 2. The lowest BCUT2D eigenvalue weighted by Gasteiger charge is -1.92. The highest BCUT2D eigenvalue weighted by molar-refractivity contribution is 7.17. The van der Waals surface area contributed by atoms with Crippen molar-refractivity contribution in [3.8, 4) is 11.5 Å². The van der Waals surface area contributed by atoms with Gasteiger partial charge in [0.25, 0.3) is 0 Å². The van der Waals surface area contributed by atoms with Gasteiger partial charge in [0, 0.05) is 57.2 Å². The number of pyridine rings is 3. The maximum Gasteiger partial charge on any atom is 0.231 e. The maximum absolute atomic E-state index is 5.65. The summed E-state index contributed by atoms with van der Waals surface area (Å²) in [5.74, 6) is 1.69. The fraction of sp³-hybridized carbons (Fsp3) is 0.357. The molecule has 1 aliphatic rings. The van der Waals surface area contributed by atoms with Crippen LogP contribution in [-0.2, 0) is 0 Å². The highest BCUT2D eigenvalue weighted by atomic mass is 32.1. The van der Waals surface area contributed by atoms with Crippen molar-refractivity contribution in [2.75, 3.05) is 6.79 Å². The Bertz CT molecular complexity index is 4250. The second kappa shape index (κ2) is 141. The first-order valence-electron chi connectivity index (χ1n) is 51.0. The van der Waals surface area contributed by atoms with Crippen LogP contribution in [0, 0.1) is 6.92 Å². The van der Waals surface area contributed by atoms with Gasteiger partial charge in [0.05, 0.1) is 24.3 Å². The molecule has 8 aromatic heterocycles. The Morgan fingerprint density at radius 3 is 0.919 bits per heavy atom. The number of rotatable bonds is 0. The summed E-state index contributed by atoms with van der Waals surface area (Å²) in [6, 6.07) is 107. The molecule has 19 rings (SSSR count). The lowest BCUT2D eigenvalue weighted by atomic mass is 10.1. The average Bonchev–Trinajstić information content (AvgIpc) is 1.65. The van der Waals surface area contributed by atoms with E-state index < -0.39 is 0 Å². The van der Waals surface area contributed by atoms with Crippen molar-refractivity contribution >= 4 is 98.1 Å². The summed E-state index contributed by atoms with van der Waals surface area (Å²) in [7, 11) is 0. The number of para-hydroxylation sites is 6. The van der Waals surface area contributed by atoms with Crippen molar-refractivity contribution in [1.29, 1.82) is 0 Å². The smallest absolute Gasteiger partial charge is 0.231 e. The Kier molecular flexibility index (Phi) is 161. The molecule has 9 heterocycles. The number of hydrogen-bond acceptors (Lipinski definition) is 10. The lowest BCUT2D eigenvalue weighted by molar-refractivity contribution is 0.174. The van der Waals surface area contributed by atoms with Crippen LogP contribution in [0.5, 0.6) is 11.5 Å². The van der Waals surface area contributed by atoms with Crippen molar-refractivity contribution in [3.05, 3.63) is 393 Å². The minimum absolute atomic E-state index is 0. The topological polar surface area (TPSA) is 96.6 Å². The Morgan fingerprint density at radius 1 is 0.235 bits per heavy atom. The Hall–Kier alpha value is -11.7. The molecule has 0 atom stereocenters. The summed E-state index contributed by atoms with van der Waals surface area (Å²) in [6.07, 6.45) is 13.9. The fourth-order valence-corrected chi connectivity index (χ4v) is 10.1. The van der Waals surface area contributed by atoms with Gasteiger partial charge in [-0.15, -0.1) is 11.3 Å². The van der Waals surface area contributed by atoms with Crippen LogP contribution in [0.2, 0.25) is 0 Å². The van der Waals surface area contributed by atoms with Crippen molar-refractivity contribution < 1.29 is 22.7 Å². The largest absolute Gasteiger partial charge is 0.473 e. The van der Waals surface area contributed by atoms with E-state index in [9.17, 15) is 0 Å². The number of thiophene rings is 2. The molecule has 0 N–H and O–H groups in total. The van der Waals surface area contributed by atoms with Crippen LogP contribution >= 0.6 is 22.7 Å². The molecule has 0 amide bonds. The molecule has 0 aliphatic carbocycles. The summed E-state index contributed by atoms with van der Waals surface area (Å²) >= 11 is 3.50. The number of hydrogen-bond donors (Lipinski definition) is 0. The van der Waals surface area contributed by atoms with Gasteiger partial charge in [-0.1, -0.05) is 534 Å². The van der Waals surface area contributed by atoms with Crippen LogP contribution in [0.4, 0.5) is 0 Å². The van der Waals surface area contributed by atoms with Crippen molar-refractivity contribution in [2.45, 2.75) is 305 Å². The van der Waals surface area contributed by atoms with E-state index in [0.29, 0.717) is 6.79 Å². The number of aryl methyl sites for hydroxylation is 1. The number of furan rings is 3. The minimum Gasteiger partial charge on any atom is -0.473 e. The van der Waals surface area contributed by atoms with Gasteiger partial charge in [-0.2, -0.15) is 11.3 Å². The molecule has 0 saturated carbocycles. The molecule has 0 saturated heterocycles. The highest BCUT2D eigenvalue weighted by Gasteiger charge is 2.09. The second-order valence-corrected chi connectivity index (χ2v) is 21.7. The van der Waals surface area contributed by atoms with E-state index in [2.05, 4.69) is 159 Å². The lowest BCUT2D eigenvalue weighted by Crippen LogP contribution is -1.92. The monoisotopic (exact) mass is 1900 g/mol. The predicted octanol–water partition coefficient (Wildman–Crippen LogP) is 45.9. The first kappa shape index (κ1) is 155. The van der Waals surface area contributed by atoms with E-state index in [0.717, 1.165) is 39.2 Å². The number of aromatic nitrogens is 3. The standard InChI is InChI=1S/C12H8O.C10H8.2C9H7N.C8H6O.C8H6S.C7H6O2.C7H8.C5H5N.C4H4O.C4H4S.21C2H6.CH4/c1-3-7-11-9(5-1)10-6-2-4-8-12(10)13-11;1-2-6-10-8-4-3-7-9(10)5-1;1-2-6-9-8(4-1)5-3-7-10-9;1-2-4-9-7-10-6-5-8(9)3-1;2*1-2-4-8-7(3-1)5-6-9-8;1-2-4-7-6(3-1)8-5-9-7;1-7-5-3-2-4-6-7;1-2-4-6-5-3-1;2*1-2-4-5-3-1;21*1-2;/h1-8H;1-8H;2*1-7H;2*1-6H;1-4H,5H2;2-6H,1H3;1-5H;2*1-4H;21*1-2H3;1H4. The van der Waals surface area contributed by atoms with E-state index >= 15 is 0 Å². The molecule has 0 bridgehead atoms. The molecular weight excluding hydrogens is 1700 g/mol. The van der Waals surface area contributed by atoms with Crippen LogP contribution in [0.1, 0.15) is 304 Å². The summed E-state index contributed by atoms with van der Waals surface area (Å²) in [5.41, 5.74) is 5.26. The quantitative estimate of drug-likeness (QED) is 0.148. The number of benzene rings is 10. The van der Waals surface area contributed by atoms with Crippen molar-refractivity contribution in [2.24, 2.45) is 0 Å². The normalized spacial score (nSPS) is 7.85. The zero-order chi connectivity index (χ0) is 106. The molecule has 8 nitrogen and oxygen atoms in total. The Labute approximate surface area is 846 Å². The van der Waals surface area contributed by atoms with Gasteiger partial charge in [-0.05, 0) is 141 Å². The predicted molar refractivity (Wildman–Crippen MR) is 635 cm³/mol. The molecular formula is C126H199N3O5S2. The van der Waals surface area contributed by atoms with Gasteiger partial charge in [0.15, 0.2) is 11.5 Å². The van der Waals surface area contributed by atoms with E-state index in [1.165, 1.54) is 53.4 Å². The Morgan fingerprint density at radius 2 is 0.574 bits per heavy atom. The Balaban J connectivity index is -0.0000000969. The van der Waals surface area contributed by atoms with Crippen molar-refractivity contribution in [1.82, 2.24) is 15.0 Å². The van der Waals surface area contributed by atoms with Crippen LogP contribution in [-0.4, -0.2) is 21.7 Å². The zero-order valence-electron chi connectivity index (χ0n) is 93.4. The van der Waals surface area contributed by atoms with Crippen LogP contribution in [0.25, 0.3) is 75.4 Å².